The topological polar surface area (TPSA) is 62.7 Å². The summed E-state index contributed by atoms with van der Waals surface area (Å²) in [6.07, 6.45) is 1.41. The molecule has 0 amide bonds. The molecule has 3 nitrogen and oxygen atoms in total. The second-order valence-corrected chi connectivity index (χ2v) is 3.78. The van der Waals surface area contributed by atoms with E-state index in [1.54, 1.807) is 11.3 Å². The molecule has 0 saturated carbocycles. The molecule has 1 aromatic rings. The number of nitrogens with zero attached hydrogens (tertiary/aromatic N) is 2. The average Bonchev–Trinajstić information content (AvgIpc) is 2.56. The number of rotatable bonds is 4. The molecule has 1 unspecified atom stereocenters. The third kappa shape index (κ3) is 2.51. The van der Waals surface area contributed by atoms with Crippen molar-refractivity contribution < 1.29 is 0 Å². The van der Waals surface area contributed by atoms with Gasteiger partial charge in [-0.2, -0.15) is 5.26 Å². The number of hydrogen-bond acceptors (Lipinski definition) is 4. The van der Waals surface area contributed by atoms with Gasteiger partial charge < -0.3 is 5.73 Å². The number of nitrogens with two attached hydrogens (primary N) is 1. The Balaban J connectivity index is 2.73. The summed E-state index contributed by atoms with van der Waals surface area (Å²) in [5.74, 6) is 0.351. The van der Waals surface area contributed by atoms with Crippen molar-refractivity contribution in [3.8, 4) is 6.07 Å². The average molecular weight is 195 g/mol. The third-order valence-corrected chi connectivity index (χ3v) is 2.86. The van der Waals surface area contributed by atoms with Gasteiger partial charge in [0.25, 0.3) is 0 Å². The van der Waals surface area contributed by atoms with Crippen LogP contribution in [0.25, 0.3) is 0 Å². The minimum Gasteiger partial charge on any atom is -0.330 e. The van der Waals surface area contributed by atoms with Crippen LogP contribution in [-0.2, 0) is 6.42 Å². The minimum absolute atomic E-state index is 0.351. The highest BCUT2D eigenvalue weighted by atomic mass is 32.1. The molecule has 4 heteroatoms. The predicted octanol–water partition coefficient (Wildman–Crippen LogP) is 1.66. The molecule has 0 aliphatic rings. The Kier molecular flexibility index (Phi) is 3.87. The van der Waals surface area contributed by atoms with Gasteiger partial charge >= 0.3 is 0 Å². The Bertz CT molecular complexity index is 296. The van der Waals surface area contributed by atoms with Crippen LogP contribution in [0.5, 0.6) is 0 Å². The van der Waals surface area contributed by atoms with Crippen molar-refractivity contribution in [2.24, 2.45) is 5.73 Å². The smallest absolute Gasteiger partial charge is 0.107 e. The summed E-state index contributed by atoms with van der Waals surface area (Å²) in [6.45, 7) is 2.73. The number of aromatic nitrogens is 1. The number of hydrogen-bond donors (Lipinski definition) is 1. The van der Waals surface area contributed by atoms with Gasteiger partial charge in [-0.15, -0.1) is 11.3 Å². The van der Waals surface area contributed by atoms with Gasteiger partial charge in [0.1, 0.15) is 5.01 Å². The van der Waals surface area contributed by atoms with Gasteiger partial charge in [-0.1, -0.05) is 6.92 Å². The van der Waals surface area contributed by atoms with Gasteiger partial charge in [-0.25, -0.2) is 4.98 Å². The summed E-state index contributed by atoms with van der Waals surface area (Å²) < 4.78 is 0. The molecule has 2 N–H and O–H groups in total. The molecule has 1 atom stereocenters. The molecule has 0 spiro atoms. The van der Waals surface area contributed by atoms with E-state index in [2.05, 4.69) is 18.0 Å². The molecule has 0 aliphatic carbocycles. The molecule has 13 heavy (non-hydrogen) atoms. The zero-order valence-corrected chi connectivity index (χ0v) is 8.47. The van der Waals surface area contributed by atoms with Crippen LogP contribution in [0.4, 0.5) is 0 Å². The van der Waals surface area contributed by atoms with Crippen molar-refractivity contribution in [3.63, 3.8) is 0 Å². The van der Waals surface area contributed by atoms with Gasteiger partial charge in [0.05, 0.1) is 18.2 Å². The van der Waals surface area contributed by atoms with Gasteiger partial charge in [0.15, 0.2) is 0 Å². The van der Waals surface area contributed by atoms with Crippen LogP contribution in [0.3, 0.4) is 0 Å². The molecule has 1 heterocycles. The lowest BCUT2D eigenvalue weighted by Gasteiger charge is -2.07. The maximum Gasteiger partial charge on any atom is 0.107 e. The monoisotopic (exact) mass is 195 g/mol. The van der Waals surface area contributed by atoms with Crippen LogP contribution in [-0.4, -0.2) is 11.5 Å². The lowest BCUT2D eigenvalue weighted by atomic mass is 10.0. The summed E-state index contributed by atoms with van der Waals surface area (Å²) in [6, 6.07) is 2.09. The molecule has 0 bridgehead atoms. The molecule has 0 saturated heterocycles. The fraction of sp³-hybridized carbons (Fsp3) is 0.556. The summed E-state index contributed by atoms with van der Waals surface area (Å²) in [4.78, 5) is 4.36. The summed E-state index contributed by atoms with van der Waals surface area (Å²) >= 11 is 1.54. The van der Waals surface area contributed by atoms with E-state index in [1.165, 1.54) is 0 Å². The Morgan fingerprint density at radius 2 is 2.54 bits per heavy atom. The summed E-state index contributed by atoms with van der Waals surface area (Å²) in [5, 5.41) is 11.4. The van der Waals surface area contributed by atoms with Crippen LogP contribution >= 0.6 is 11.3 Å². The fourth-order valence-electron chi connectivity index (χ4n) is 1.16. The van der Waals surface area contributed by atoms with Gasteiger partial charge in [-0.05, 0) is 6.42 Å². The quantitative estimate of drug-likeness (QED) is 0.794. The maximum absolute atomic E-state index is 8.47. The zero-order valence-electron chi connectivity index (χ0n) is 7.66. The largest absolute Gasteiger partial charge is 0.330 e. The van der Waals surface area contributed by atoms with Crippen LogP contribution in [0.15, 0.2) is 5.38 Å². The number of thiazole rings is 1. The van der Waals surface area contributed by atoms with E-state index >= 15 is 0 Å². The molecule has 0 fully saturated rings. The van der Waals surface area contributed by atoms with Gasteiger partial charge in [0, 0.05) is 17.8 Å². The Hall–Kier alpha value is -0.920. The van der Waals surface area contributed by atoms with Crippen molar-refractivity contribution in [3.05, 3.63) is 16.1 Å². The van der Waals surface area contributed by atoms with E-state index in [0.29, 0.717) is 18.9 Å². The summed E-state index contributed by atoms with van der Waals surface area (Å²) in [7, 11) is 0. The third-order valence-electron chi connectivity index (χ3n) is 2.00. The predicted molar refractivity (Wildman–Crippen MR) is 53.5 cm³/mol. The standard InChI is InChI=1S/C9H13N3S/c1-2-7(5-11)8-6-13-9(12-8)3-4-10/h6-7H,2-3,5,11H2,1H3. The van der Waals surface area contributed by atoms with E-state index in [4.69, 9.17) is 11.0 Å². The molecule has 70 valence electrons. The molecular weight excluding hydrogens is 182 g/mol. The van der Waals surface area contributed by atoms with Crippen molar-refractivity contribution in [2.75, 3.05) is 6.54 Å². The van der Waals surface area contributed by atoms with Crippen molar-refractivity contribution in [2.45, 2.75) is 25.7 Å². The SMILES string of the molecule is CCC(CN)c1csc(CC#N)n1. The molecule has 0 aromatic carbocycles. The van der Waals surface area contributed by atoms with Crippen LogP contribution in [0, 0.1) is 11.3 Å². The molecule has 1 rings (SSSR count). The first kappa shape index (κ1) is 10.2. The normalized spacial score (nSPS) is 12.4. The van der Waals surface area contributed by atoms with Crippen molar-refractivity contribution in [1.82, 2.24) is 4.98 Å². The second kappa shape index (κ2) is 4.95. The van der Waals surface area contributed by atoms with Crippen LogP contribution in [0.1, 0.15) is 30.0 Å². The molecule has 0 radical (unpaired) electrons. The number of nitriles is 1. The second-order valence-electron chi connectivity index (χ2n) is 2.84. The Labute approximate surface area is 82.2 Å². The van der Waals surface area contributed by atoms with Crippen molar-refractivity contribution >= 4 is 11.3 Å². The zero-order chi connectivity index (χ0) is 9.68. The van der Waals surface area contributed by atoms with Gasteiger partial charge in [-0.3, -0.25) is 0 Å². The lowest BCUT2D eigenvalue weighted by molar-refractivity contribution is 0.656. The van der Waals surface area contributed by atoms with E-state index in [9.17, 15) is 0 Å². The van der Waals surface area contributed by atoms with Crippen molar-refractivity contribution in [1.29, 1.82) is 5.26 Å². The van der Waals surface area contributed by atoms with E-state index in [1.807, 2.05) is 5.38 Å². The minimum atomic E-state index is 0.351. The Morgan fingerprint density at radius 3 is 3.08 bits per heavy atom. The first-order chi connectivity index (χ1) is 6.31. The highest BCUT2D eigenvalue weighted by Gasteiger charge is 2.10. The molecular formula is C9H13N3S. The van der Waals surface area contributed by atoms with Crippen LogP contribution in [0.2, 0.25) is 0 Å². The van der Waals surface area contributed by atoms with Gasteiger partial charge in [0.2, 0.25) is 0 Å². The molecule has 1 aromatic heterocycles. The molecule has 0 aliphatic heterocycles. The lowest BCUT2D eigenvalue weighted by Crippen LogP contribution is -2.11. The highest BCUT2D eigenvalue weighted by Crippen LogP contribution is 2.20. The van der Waals surface area contributed by atoms with E-state index in [0.717, 1.165) is 17.1 Å². The van der Waals surface area contributed by atoms with Crippen LogP contribution < -0.4 is 5.73 Å². The van der Waals surface area contributed by atoms with E-state index in [-0.39, 0.29) is 0 Å². The first-order valence-electron chi connectivity index (χ1n) is 4.33. The Morgan fingerprint density at radius 1 is 1.77 bits per heavy atom. The summed E-state index contributed by atoms with van der Waals surface area (Å²) in [5.41, 5.74) is 6.64. The van der Waals surface area contributed by atoms with E-state index < -0.39 is 0 Å². The fourth-order valence-corrected chi connectivity index (χ4v) is 1.97. The first-order valence-corrected chi connectivity index (χ1v) is 5.21. The highest BCUT2D eigenvalue weighted by molar-refractivity contribution is 7.09. The maximum atomic E-state index is 8.47.